The summed E-state index contributed by atoms with van der Waals surface area (Å²) in [5.74, 6) is 0. The third kappa shape index (κ3) is 10.4. The fourth-order valence-corrected chi connectivity index (χ4v) is 17.1. The molecule has 0 saturated carbocycles. The van der Waals surface area contributed by atoms with Crippen molar-refractivity contribution in [2.45, 2.75) is 26.2 Å². The predicted molar refractivity (Wildman–Crippen MR) is 446 cm³/mol. The lowest BCUT2D eigenvalue weighted by atomic mass is 9.33. The van der Waals surface area contributed by atoms with Gasteiger partial charge in [0.05, 0.1) is 33.4 Å². The van der Waals surface area contributed by atoms with Crippen LogP contribution in [-0.2, 0) is 5.41 Å². The van der Waals surface area contributed by atoms with E-state index < -0.39 is 0 Å². The van der Waals surface area contributed by atoms with E-state index in [1.807, 2.05) is 0 Å². The summed E-state index contributed by atoms with van der Waals surface area (Å²) >= 11 is 0. The molecule has 0 unspecified atom stereocenters. The van der Waals surface area contributed by atoms with Gasteiger partial charge in [-0.15, -0.1) is 0 Å². The molecule has 2 aromatic heterocycles. The summed E-state index contributed by atoms with van der Waals surface area (Å²) in [6, 6.07) is 141. The third-order valence-corrected chi connectivity index (χ3v) is 22.0. The van der Waals surface area contributed by atoms with Gasteiger partial charge in [-0.3, -0.25) is 0 Å². The Bertz CT molecular complexity index is 5940. The summed E-state index contributed by atoms with van der Waals surface area (Å²) in [7, 11) is 0. The van der Waals surface area contributed by atoms with E-state index in [0.29, 0.717) is 0 Å². The standard InChI is InChI=1S/C100H71BN4/c1-100(2,3)78-52-50-70(51-53-78)75-60-97-99-98(61-75)105(90-47-27-23-43-82(90)77-58-73(68-34-14-6-15-35-68)55-74(59-77)69-36-16-7-17-37-69)96-63-86-84-45-25-29-49-92(84)103(80-40-20-9-21-41-80)94(86)65-88(96)101(99)87-64-93-85(83-44-24-28-48-91(83)102(93)79-38-18-8-19-39-79)62-95(87)104(97)89-46-26-22-42-81(89)76-56-71(66-30-10-4-11-31-66)54-72(57-76)67-32-12-5-13-33-67/h4-65H,1-3H3. The van der Waals surface area contributed by atoms with Crippen LogP contribution in [0.1, 0.15) is 26.3 Å². The number of fused-ring (bicyclic) bond motifs is 10. The molecule has 105 heavy (non-hydrogen) atoms. The van der Waals surface area contributed by atoms with Gasteiger partial charge in [-0.25, -0.2) is 0 Å². The molecule has 0 amide bonds. The van der Waals surface area contributed by atoms with Gasteiger partial charge in [-0.1, -0.05) is 276 Å². The molecule has 5 heteroatoms. The van der Waals surface area contributed by atoms with E-state index in [2.05, 4.69) is 416 Å². The highest BCUT2D eigenvalue weighted by Gasteiger charge is 2.46. The van der Waals surface area contributed by atoms with Gasteiger partial charge in [-0.05, 0) is 215 Å². The quantitative estimate of drug-likeness (QED) is 0.120. The van der Waals surface area contributed by atoms with Crippen molar-refractivity contribution >= 4 is 101 Å². The van der Waals surface area contributed by atoms with Crippen molar-refractivity contribution in [1.82, 2.24) is 9.13 Å². The molecule has 4 nitrogen and oxygen atoms in total. The van der Waals surface area contributed by atoms with Gasteiger partial charge >= 0.3 is 0 Å². The monoisotopic (exact) mass is 1340 g/mol. The maximum absolute atomic E-state index is 2.67. The maximum atomic E-state index is 2.67. The van der Waals surface area contributed by atoms with Gasteiger partial charge < -0.3 is 18.9 Å². The molecule has 0 saturated heterocycles. The minimum atomic E-state index is -0.292. The molecule has 2 aliphatic heterocycles. The average molecular weight is 1340 g/mol. The van der Waals surface area contributed by atoms with E-state index in [0.717, 1.165) is 123 Å². The Labute approximate surface area is 613 Å². The Hall–Kier alpha value is -13.2. The summed E-state index contributed by atoms with van der Waals surface area (Å²) < 4.78 is 5.00. The van der Waals surface area contributed by atoms with Crippen molar-refractivity contribution in [2.24, 2.45) is 0 Å². The number of hydrogen-bond acceptors (Lipinski definition) is 2. The molecule has 4 heterocycles. The smallest absolute Gasteiger partial charge is 0.252 e. The Morgan fingerprint density at radius 2 is 0.533 bits per heavy atom. The second kappa shape index (κ2) is 24.8. The van der Waals surface area contributed by atoms with E-state index in [1.54, 1.807) is 0 Å². The number of hydrogen-bond donors (Lipinski definition) is 0. The van der Waals surface area contributed by atoms with Gasteiger partial charge in [0.25, 0.3) is 6.71 Å². The number of benzene rings is 16. The van der Waals surface area contributed by atoms with Crippen LogP contribution in [0.25, 0.3) is 133 Å². The maximum Gasteiger partial charge on any atom is 0.252 e. The SMILES string of the molecule is CC(C)(C)c1ccc(-c2cc3c4c(c2)N(c2ccccc2-c2cc(-c5ccccc5)cc(-c5ccccc5)c2)c2cc5c6ccccc6n(-c6ccccc6)c5cc2B4c2cc4c(cc2N3c2ccccc2-c2cc(-c3ccccc3)cc(-c3ccccc3)c2)c2ccccc2n4-c2ccccc2)cc1. The van der Waals surface area contributed by atoms with Crippen LogP contribution < -0.4 is 26.2 Å². The molecule has 0 bridgehead atoms. The first-order chi connectivity index (χ1) is 51.7. The van der Waals surface area contributed by atoms with Gasteiger partial charge in [0.1, 0.15) is 0 Å². The zero-order valence-corrected chi connectivity index (χ0v) is 58.7. The van der Waals surface area contributed by atoms with Crippen LogP contribution in [0.2, 0.25) is 0 Å². The first-order valence-electron chi connectivity index (χ1n) is 36.6. The normalized spacial score (nSPS) is 12.5. The van der Waals surface area contributed by atoms with E-state index in [1.165, 1.54) is 65.8 Å². The summed E-state index contributed by atoms with van der Waals surface area (Å²) in [5.41, 5.74) is 34.5. The minimum Gasteiger partial charge on any atom is -0.311 e. The molecule has 0 N–H and O–H groups in total. The molecule has 0 atom stereocenters. The van der Waals surface area contributed by atoms with E-state index in [9.17, 15) is 0 Å². The van der Waals surface area contributed by atoms with Crippen molar-refractivity contribution < 1.29 is 0 Å². The van der Waals surface area contributed by atoms with Gasteiger partial charge in [0.2, 0.25) is 0 Å². The minimum absolute atomic E-state index is 0.0532. The van der Waals surface area contributed by atoms with Crippen molar-refractivity contribution in [1.29, 1.82) is 0 Å². The molecule has 18 aromatic rings. The Morgan fingerprint density at radius 3 is 0.914 bits per heavy atom. The highest BCUT2D eigenvalue weighted by Crippen LogP contribution is 2.53. The number of rotatable bonds is 11. The summed E-state index contributed by atoms with van der Waals surface area (Å²) in [6.07, 6.45) is 0. The number of aromatic nitrogens is 2. The molecule has 0 fully saturated rings. The second-order valence-corrected chi connectivity index (χ2v) is 29.2. The molecule has 16 aromatic carbocycles. The predicted octanol–water partition coefficient (Wildman–Crippen LogP) is 24.9. The van der Waals surface area contributed by atoms with Crippen molar-refractivity contribution in [2.75, 3.05) is 9.80 Å². The first kappa shape index (κ1) is 61.6. The Balaban J connectivity index is 0.947. The summed E-state index contributed by atoms with van der Waals surface area (Å²) in [4.78, 5) is 5.34. The van der Waals surface area contributed by atoms with E-state index in [-0.39, 0.29) is 12.1 Å². The van der Waals surface area contributed by atoms with E-state index >= 15 is 0 Å². The molecule has 0 radical (unpaired) electrons. The van der Waals surface area contributed by atoms with Crippen LogP contribution in [0.4, 0.5) is 34.1 Å². The number of para-hydroxylation sites is 6. The van der Waals surface area contributed by atoms with Crippen LogP contribution in [0.5, 0.6) is 0 Å². The van der Waals surface area contributed by atoms with Crippen molar-refractivity contribution in [3.8, 4) is 89.3 Å². The highest BCUT2D eigenvalue weighted by atomic mass is 15.2. The summed E-state index contributed by atoms with van der Waals surface area (Å²) in [5, 5.41) is 4.76. The van der Waals surface area contributed by atoms with Crippen LogP contribution in [0.15, 0.2) is 376 Å². The Morgan fingerprint density at radius 1 is 0.219 bits per heavy atom. The van der Waals surface area contributed by atoms with Crippen LogP contribution >= 0.6 is 0 Å². The van der Waals surface area contributed by atoms with Gasteiger partial charge in [-0.2, -0.15) is 0 Å². The summed E-state index contributed by atoms with van der Waals surface area (Å²) in [6.45, 7) is 6.64. The van der Waals surface area contributed by atoms with Crippen molar-refractivity contribution in [3.05, 3.63) is 382 Å². The topological polar surface area (TPSA) is 16.3 Å². The molecular formula is C100H71BN4. The largest absolute Gasteiger partial charge is 0.311 e. The average Bonchev–Trinajstić information content (AvgIpc) is 1.67. The number of anilines is 6. The molecule has 2 aliphatic rings. The van der Waals surface area contributed by atoms with Gasteiger partial charge in [0.15, 0.2) is 0 Å². The zero-order chi connectivity index (χ0) is 69.9. The number of nitrogens with zero attached hydrogens (tertiary/aromatic N) is 4. The fourth-order valence-electron chi connectivity index (χ4n) is 17.1. The van der Waals surface area contributed by atoms with Crippen LogP contribution in [0, 0.1) is 0 Å². The zero-order valence-electron chi connectivity index (χ0n) is 58.7. The van der Waals surface area contributed by atoms with E-state index in [4.69, 9.17) is 0 Å². The second-order valence-electron chi connectivity index (χ2n) is 29.2. The Kier molecular flexibility index (Phi) is 14.6. The molecule has 0 spiro atoms. The lowest BCUT2D eigenvalue weighted by Crippen LogP contribution is -2.61. The van der Waals surface area contributed by atoms with Gasteiger partial charge in [0, 0.05) is 66.8 Å². The molecule has 0 aliphatic carbocycles. The first-order valence-corrected chi connectivity index (χ1v) is 36.6. The molecule has 20 rings (SSSR count). The third-order valence-electron chi connectivity index (χ3n) is 22.0. The lowest BCUT2D eigenvalue weighted by Gasteiger charge is -2.45. The lowest BCUT2D eigenvalue weighted by molar-refractivity contribution is 0.590. The molecular weight excluding hydrogens is 1270 g/mol. The molecule has 494 valence electrons. The van der Waals surface area contributed by atoms with Crippen LogP contribution in [-0.4, -0.2) is 15.8 Å². The van der Waals surface area contributed by atoms with Crippen LogP contribution in [0.3, 0.4) is 0 Å². The fraction of sp³-hybridized carbons (Fsp3) is 0.0400. The van der Waals surface area contributed by atoms with Crippen molar-refractivity contribution in [3.63, 3.8) is 0 Å². The highest BCUT2D eigenvalue weighted by molar-refractivity contribution is 7.00.